The average molecular weight is 440 g/mol. The molecule has 2 aromatic carbocycles. The van der Waals surface area contributed by atoms with Crippen molar-refractivity contribution in [2.75, 3.05) is 23.1 Å². The molecule has 1 N–H and O–H groups in total. The fourth-order valence-corrected chi connectivity index (χ4v) is 5.04. The van der Waals surface area contributed by atoms with Crippen molar-refractivity contribution in [1.82, 2.24) is 10.3 Å². The summed E-state index contributed by atoms with van der Waals surface area (Å²) in [5.74, 6) is 0.774. The van der Waals surface area contributed by atoms with Crippen LogP contribution < -0.4 is 9.62 Å². The minimum Gasteiger partial charge on any atom is -0.441 e. The molecule has 1 aliphatic rings. The molecule has 0 radical (unpaired) electrons. The predicted molar refractivity (Wildman–Crippen MR) is 119 cm³/mol. The second-order valence-electron chi connectivity index (χ2n) is 7.60. The first-order valence-corrected chi connectivity index (χ1v) is 11.9. The van der Waals surface area contributed by atoms with E-state index in [-0.39, 0.29) is 24.6 Å². The molecular weight excluding hydrogens is 414 g/mol. The fourth-order valence-electron chi connectivity index (χ4n) is 3.61. The van der Waals surface area contributed by atoms with E-state index in [1.165, 1.54) is 4.31 Å². The van der Waals surface area contributed by atoms with Crippen LogP contribution in [-0.2, 0) is 27.7 Å². The largest absolute Gasteiger partial charge is 0.441 e. The first kappa shape index (κ1) is 21.1. The summed E-state index contributed by atoms with van der Waals surface area (Å²) in [6.45, 7) is 2.53. The second-order valence-corrected chi connectivity index (χ2v) is 9.61. The van der Waals surface area contributed by atoms with Gasteiger partial charge in [-0.3, -0.25) is 9.10 Å². The highest BCUT2D eigenvalue weighted by molar-refractivity contribution is 7.92. The third-order valence-corrected chi connectivity index (χ3v) is 7.09. The molecule has 0 aliphatic carbocycles. The molecule has 1 aromatic heterocycles. The summed E-state index contributed by atoms with van der Waals surface area (Å²) in [6, 6.07) is 15.4. The van der Waals surface area contributed by atoms with Gasteiger partial charge >= 0.3 is 0 Å². The van der Waals surface area contributed by atoms with Gasteiger partial charge in [0.15, 0.2) is 11.7 Å². The zero-order chi connectivity index (χ0) is 21.8. The Labute approximate surface area is 182 Å². The number of aromatic nitrogens is 1. The summed E-state index contributed by atoms with van der Waals surface area (Å²) in [6.07, 6.45) is 2.89. The monoisotopic (exact) mass is 439 g/mol. The summed E-state index contributed by atoms with van der Waals surface area (Å²) in [5.41, 5.74) is 3.87. The van der Waals surface area contributed by atoms with Crippen molar-refractivity contribution < 1.29 is 17.6 Å². The number of hydrogen-bond acceptors (Lipinski definition) is 5. The average Bonchev–Trinajstić information content (AvgIpc) is 3.40. The quantitative estimate of drug-likeness (QED) is 0.582. The van der Waals surface area contributed by atoms with Crippen molar-refractivity contribution in [2.24, 2.45) is 0 Å². The van der Waals surface area contributed by atoms with E-state index in [0.29, 0.717) is 31.0 Å². The smallest absolute Gasteiger partial charge is 0.236 e. The van der Waals surface area contributed by atoms with Crippen LogP contribution in [0.2, 0.25) is 0 Å². The molecule has 0 saturated carbocycles. The minimum atomic E-state index is -3.48. The Balaban J connectivity index is 1.24. The molecule has 0 bridgehead atoms. The van der Waals surface area contributed by atoms with E-state index in [4.69, 9.17) is 4.42 Å². The molecule has 31 heavy (non-hydrogen) atoms. The number of para-hydroxylation sites is 1. The van der Waals surface area contributed by atoms with E-state index in [1.807, 2.05) is 55.5 Å². The highest BCUT2D eigenvalue weighted by Gasteiger charge is 2.28. The number of nitrogens with zero attached hydrogens (tertiary/aromatic N) is 2. The van der Waals surface area contributed by atoms with Crippen molar-refractivity contribution in [3.63, 3.8) is 0 Å². The SMILES string of the molecule is Cc1ccc(-c2cnc(CCC(=O)NCCS(=O)(=O)N3CCc4ccccc43)o2)cc1. The molecule has 0 unspecified atom stereocenters. The van der Waals surface area contributed by atoms with Crippen molar-refractivity contribution in [1.29, 1.82) is 0 Å². The topological polar surface area (TPSA) is 92.5 Å². The van der Waals surface area contributed by atoms with Gasteiger partial charge in [0.1, 0.15) is 0 Å². The highest BCUT2D eigenvalue weighted by Crippen LogP contribution is 2.29. The van der Waals surface area contributed by atoms with Gasteiger partial charge in [-0.1, -0.05) is 48.0 Å². The molecule has 3 aromatic rings. The van der Waals surface area contributed by atoms with Gasteiger partial charge in [-0.15, -0.1) is 0 Å². The van der Waals surface area contributed by atoms with Crippen LogP contribution in [0.1, 0.15) is 23.4 Å². The van der Waals surface area contributed by atoms with Crippen molar-refractivity contribution in [3.8, 4) is 11.3 Å². The van der Waals surface area contributed by atoms with Gasteiger partial charge in [0.05, 0.1) is 17.6 Å². The molecule has 7 nitrogen and oxygen atoms in total. The fraction of sp³-hybridized carbons (Fsp3) is 0.304. The minimum absolute atomic E-state index is 0.0695. The van der Waals surface area contributed by atoms with Crippen LogP contribution in [0.4, 0.5) is 5.69 Å². The van der Waals surface area contributed by atoms with E-state index in [2.05, 4.69) is 10.3 Å². The Bertz CT molecular complexity index is 1170. The highest BCUT2D eigenvalue weighted by atomic mass is 32.2. The summed E-state index contributed by atoms with van der Waals surface area (Å²) >= 11 is 0. The predicted octanol–water partition coefficient (Wildman–Crippen LogP) is 3.09. The molecule has 0 fully saturated rings. The Kier molecular flexibility index (Phi) is 6.08. The van der Waals surface area contributed by atoms with Crippen LogP contribution in [-0.4, -0.2) is 38.2 Å². The van der Waals surface area contributed by atoms with Crippen LogP contribution in [0, 0.1) is 6.92 Å². The number of fused-ring (bicyclic) bond motifs is 1. The van der Waals surface area contributed by atoms with Crippen LogP contribution in [0.15, 0.2) is 59.1 Å². The molecule has 2 heterocycles. The number of amides is 1. The lowest BCUT2D eigenvalue weighted by Gasteiger charge is -2.19. The number of oxazole rings is 1. The van der Waals surface area contributed by atoms with E-state index >= 15 is 0 Å². The van der Waals surface area contributed by atoms with Gasteiger partial charge in [0.2, 0.25) is 15.9 Å². The van der Waals surface area contributed by atoms with Crippen LogP contribution in [0.5, 0.6) is 0 Å². The third kappa shape index (κ3) is 4.96. The number of carbonyl (C=O) groups excluding carboxylic acids is 1. The summed E-state index contributed by atoms with van der Waals surface area (Å²) in [4.78, 5) is 16.4. The lowest BCUT2D eigenvalue weighted by Crippen LogP contribution is -2.37. The number of carbonyl (C=O) groups is 1. The number of rotatable bonds is 8. The first-order valence-electron chi connectivity index (χ1n) is 10.3. The van der Waals surface area contributed by atoms with Crippen LogP contribution >= 0.6 is 0 Å². The Hall–Kier alpha value is -3.13. The zero-order valence-corrected chi connectivity index (χ0v) is 18.2. The number of anilines is 1. The number of hydrogen-bond donors (Lipinski definition) is 1. The molecular formula is C23H25N3O4S. The maximum atomic E-state index is 12.7. The van der Waals surface area contributed by atoms with E-state index in [9.17, 15) is 13.2 Å². The molecule has 0 atom stereocenters. The van der Waals surface area contributed by atoms with Gasteiger partial charge < -0.3 is 9.73 Å². The van der Waals surface area contributed by atoms with Gasteiger partial charge in [-0.25, -0.2) is 13.4 Å². The zero-order valence-electron chi connectivity index (χ0n) is 17.4. The number of aryl methyl sites for hydroxylation is 2. The molecule has 1 amide bonds. The molecule has 0 spiro atoms. The molecule has 8 heteroatoms. The Morgan fingerprint density at radius 3 is 2.74 bits per heavy atom. The van der Waals surface area contributed by atoms with Gasteiger partial charge in [0, 0.05) is 31.5 Å². The summed E-state index contributed by atoms with van der Waals surface area (Å²) in [7, 11) is -3.48. The van der Waals surface area contributed by atoms with Crippen LogP contribution in [0.25, 0.3) is 11.3 Å². The van der Waals surface area contributed by atoms with Gasteiger partial charge in [0.25, 0.3) is 0 Å². The van der Waals surface area contributed by atoms with Crippen molar-refractivity contribution in [3.05, 3.63) is 71.7 Å². The maximum absolute atomic E-state index is 12.7. The van der Waals surface area contributed by atoms with E-state index < -0.39 is 10.0 Å². The van der Waals surface area contributed by atoms with E-state index in [1.54, 1.807) is 6.20 Å². The maximum Gasteiger partial charge on any atom is 0.236 e. The molecule has 162 valence electrons. The van der Waals surface area contributed by atoms with E-state index in [0.717, 1.165) is 22.4 Å². The molecule has 0 saturated heterocycles. The lowest BCUT2D eigenvalue weighted by atomic mass is 10.1. The number of sulfonamides is 1. The van der Waals surface area contributed by atoms with Gasteiger partial charge in [-0.2, -0.15) is 0 Å². The molecule has 1 aliphatic heterocycles. The van der Waals surface area contributed by atoms with Gasteiger partial charge in [-0.05, 0) is 25.0 Å². The normalized spacial score (nSPS) is 13.3. The van der Waals surface area contributed by atoms with Crippen molar-refractivity contribution in [2.45, 2.75) is 26.2 Å². The van der Waals surface area contributed by atoms with Crippen molar-refractivity contribution >= 4 is 21.6 Å². The Morgan fingerprint density at radius 1 is 1.16 bits per heavy atom. The third-order valence-electron chi connectivity index (χ3n) is 5.32. The number of nitrogens with one attached hydrogen (secondary N) is 1. The molecule has 4 rings (SSSR count). The summed E-state index contributed by atoms with van der Waals surface area (Å²) < 4.78 is 32.5. The van der Waals surface area contributed by atoms with Crippen LogP contribution in [0.3, 0.4) is 0 Å². The standard InChI is InChI=1S/C23H25N3O4S/c1-17-6-8-19(9-7-17)21-16-25-23(30-21)11-10-22(27)24-13-15-31(28,29)26-14-12-18-4-2-3-5-20(18)26/h2-9,16H,10-15H2,1H3,(H,24,27). The first-order chi connectivity index (χ1) is 14.9. The number of benzene rings is 2. The lowest BCUT2D eigenvalue weighted by molar-refractivity contribution is -0.121. The summed E-state index contributed by atoms with van der Waals surface area (Å²) in [5, 5.41) is 2.69. The Morgan fingerprint density at radius 2 is 1.94 bits per heavy atom. The second kappa shape index (κ2) is 8.93.